The number of amides is 2. The smallest absolute Gasteiger partial charge is 0.317 e. The van der Waals surface area contributed by atoms with Gasteiger partial charge in [0.1, 0.15) is 0 Å². The van der Waals surface area contributed by atoms with Gasteiger partial charge in [0.05, 0.1) is 5.92 Å². The van der Waals surface area contributed by atoms with Gasteiger partial charge in [-0.05, 0) is 26.0 Å². The summed E-state index contributed by atoms with van der Waals surface area (Å²) in [4.78, 5) is 26.5. The van der Waals surface area contributed by atoms with Crippen LogP contribution in [0.15, 0.2) is 12.1 Å². The Morgan fingerprint density at radius 2 is 2.21 bits per heavy atom. The number of hydrogen-bond donors (Lipinski definition) is 2. The quantitative estimate of drug-likeness (QED) is 0.883. The van der Waals surface area contributed by atoms with Crippen LogP contribution in [0, 0.1) is 12.8 Å². The van der Waals surface area contributed by atoms with Crippen LogP contribution in [0.3, 0.4) is 0 Å². The molecule has 0 aliphatic carbocycles. The summed E-state index contributed by atoms with van der Waals surface area (Å²) in [6, 6.07) is 4.03. The number of carbonyl (C=O) groups excluding carboxylic acids is 1. The zero-order valence-electron chi connectivity index (χ0n) is 11.0. The summed E-state index contributed by atoms with van der Waals surface area (Å²) in [7, 11) is 0. The van der Waals surface area contributed by atoms with Crippen molar-refractivity contribution in [3.8, 4) is 0 Å². The van der Waals surface area contributed by atoms with Crippen LogP contribution in [-0.4, -0.2) is 41.1 Å². The molecule has 6 heteroatoms. The number of likely N-dealkylation sites (tertiary alicyclic amines) is 1. The summed E-state index contributed by atoms with van der Waals surface area (Å²) in [6.07, 6.45) is 0.806. The number of nitrogens with zero attached hydrogens (tertiary/aromatic N) is 1. The molecule has 0 aromatic carbocycles. The van der Waals surface area contributed by atoms with Gasteiger partial charge in [0, 0.05) is 35.3 Å². The number of urea groups is 1. The van der Waals surface area contributed by atoms with Gasteiger partial charge >= 0.3 is 12.0 Å². The molecule has 5 nitrogen and oxygen atoms in total. The molecular weight excluding hydrogens is 264 g/mol. The van der Waals surface area contributed by atoms with E-state index in [2.05, 4.69) is 24.4 Å². The Kier molecular flexibility index (Phi) is 4.09. The second kappa shape index (κ2) is 5.61. The zero-order chi connectivity index (χ0) is 14.0. The molecule has 2 heterocycles. The summed E-state index contributed by atoms with van der Waals surface area (Å²) in [6.45, 7) is 4.64. The maximum atomic E-state index is 11.8. The average Bonchev–Trinajstić information content (AvgIpc) is 2.60. The van der Waals surface area contributed by atoms with E-state index in [-0.39, 0.29) is 12.1 Å². The van der Waals surface area contributed by atoms with Crippen LogP contribution in [0.5, 0.6) is 0 Å². The number of rotatable bonds is 4. The highest BCUT2D eigenvalue weighted by molar-refractivity contribution is 7.11. The Hall–Kier alpha value is -1.56. The van der Waals surface area contributed by atoms with E-state index >= 15 is 0 Å². The molecule has 0 radical (unpaired) electrons. The molecule has 19 heavy (non-hydrogen) atoms. The van der Waals surface area contributed by atoms with Gasteiger partial charge in [0.15, 0.2) is 0 Å². The molecule has 2 N–H and O–H groups in total. The number of aliphatic carboxylic acids is 1. The van der Waals surface area contributed by atoms with Crippen LogP contribution in [-0.2, 0) is 11.2 Å². The van der Waals surface area contributed by atoms with Gasteiger partial charge in [0.2, 0.25) is 0 Å². The molecule has 1 fully saturated rings. The molecule has 0 saturated carbocycles. The summed E-state index contributed by atoms with van der Waals surface area (Å²) >= 11 is 1.73. The summed E-state index contributed by atoms with van der Waals surface area (Å²) in [5.41, 5.74) is 0. The van der Waals surface area contributed by atoms with Crippen LogP contribution in [0.1, 0.15) is 16.7 Å². The zero-order valence-corrected chi connectivity index (χ0v) is 11.9. The fourth-order valence-corrected chi connectivity index (χ4v) is 3.07. The Morgan fingerprint density at radius 1 is 1.53 bits per heavy atom. The van der Waals surface area contributed by atoms with Crippen LogP contribution in [0.2, 0.25) is 0 Å². The van der Waals surface area contributed by atoms with Crippen LogP contribution >= 0.6 is 11.3 Å². The molecule has 1 aliphatic heterocycles. The lowest BCUT2D eigenvalue weighted by Crippen LogP contribution is -2.57. The van der Waals surface area contributed by atoms with E-state index in [0.29, 0.717) is 13.1 Å². The number of carbonyl (C=O) groups is 2. The molecule has 2 rings (SSSR count). The van der Waals surface area contributed by atoms with Crippen molar-refractivity contribution < 1.29 is 14.7 Å². The van der Waals surface area contributed by atoms with Crippen molar-refractivity contribution in [3.63, 3.8) is 0 Å². The molecule has 1 aromatic heterocycles. The van der Waals surface area contributed by atoms with E-state index in [1.807, 2.05) is 6.92 Å². The molecular formula is C13H18N2O3S. The molecule has 1 unspecified atom stereocenters. The van der Waals surface area contributed by atoms with Crippen molar-refractivity contribution >= 4 is 23.3 Å². The van der Waals surface area contributed by atoms with Crippen molar-refractivity contribution in [2.24, 2.45) is 5.92 Å². The minimum absolute atomic E-state index is 0.0504. The van der Waals surface area contributed by atoms with Crippen LogP contribution in [0.4, 0.5) is 4.79 Å². The molecule has 1 atom stereocenters. The third-order valence-corrected chi connectivity index (χ3v) is 4.21. The van der Waals surface area contributed by atoms with Gasteiger partial charge in [-0.2, -0.15) is 0 Å². The minimum Gasteiger partial charge on any atom is -0.481 e. The highest BCUT2D eigenvalue weighted by Crippen LogP contribution is 2.18. The molecule has 104 valence electrons. The van der Waals surface area contributed by atoms with Crippen LogP contribution < -0.4 is 5.32 Å². The van der Waals surface area contributed by atoms with Crippen molar-refractivity contribution in [3.05, 3.63) is 21.9 Å². The normalized spacial score (nSPS) is 16.8. The monoisotopic (exact) mass is 282 g/mol. The number of aryl methyl sites for hydroxylation is 1. The van der Waals surface area contributed by atoms with Gasteiger partial charge in [-0.3, -0.25) is 4.79 Å². The fourth-order valence-electron chi connectivity index (χ4n) is 2.05. The Labute approximate surface area is 116 Å². The number of carboxylic acid groups (broad SMARTS) is 1. The first-order valence-corrected chi connectivity index (χ1v) is 7.11. The predicted molar refractivity (Wildman–Crippen MR) is 73.5 cm³/mol. The number of thiophene rings is 1. The third kappa shape index (κ3) is 3.47. The lowest BCUT2D eigenvalue weighted by Gasteiger charge is -2.37. The van der Waals surface area contributed by atoms with Crippen molar-refractivity contribution in [2.45, 2.75) is 26.3 Å². The maximum absolute atomic E-state index is 11.8. The second-order valence-corrected chi connectivity index (χ2v) is 6.38. The van der Waals surface area contributed by atoms with E-state index in [1.54, 1.807) is 11.3 Å². The lowest BCUT2D eigenvalue weighted by atomic mass is 10.0. The molecule has 1 saturated heterocycles. The topological polar surface area (TPSA) is 69.6 Å². The van der Waals surface area contributed by atoms with Gasteiger partial charge < -0.3 is 15.3 Å². The van der Waals surface area contributed by atoms with Gasteiger partial charge in [-0.1, -0.05) is 0 Å². The fraction of sp³-hybridized carbons (Fsp3) is 0.538. The molecule has 1 aromatic rings. The maximum Gasteiger partial charge on any atom is 0.317 e. The van der Waals surface area contributed by atoms with Crippen molar-refractivity contribution in [1.82, 2.24) is 10.2 Å². The first-order chi connectivity index (χ1) is 8.95. The van der Waals surface area contributed by atoms with E-state index < -0.39 is 11.9 Å². The summed E-state index contributed by atoms with van der Waals surface area (Å²) < 4.78 is 0. The molecule has 2 amide bonds. The van der Waals surface area contributed by atoms with Gasteiger partial charge in [0.25, 0.3) is 0 Å². The minimum atomic E-state index is -0.828. The molecule has 0 bridgehead atoms. The van der Waals surface area contributed by atoms with Gasteiger partial charge in [-0.25, -0.2) is 4.79 Å². The Bertz CT molecular complexity index is 480. The summed E-state index contributed by atoms with van der Waals surface area (Å²) in [5, 5.41) is 11.7. The first kappa shape index (κ1) is 13.9. The van der Waals surface area contributed by atoms with E-state index in [1.165, 1.54) is 14.7 Å². The SMILES string of the molecule is Cc1ccc(CC(C)NC(=O)N2CC(C(=O)O)C2)s1. The van der Waals surface area contributed by atoms with Gasteiger partial charge in [-0.15, -0.1) is 11.3 Å². The van der Waals surface area contributed by atoms with E-state index in [0.717, 1.165) is 6.42 Å². The third-order valence-electron chi connectivity index (χ3n) is 3.19. The largest absolute Gasteiger partial charge is 0.481 e. The van der Waals surface area contributed by atoms with E-state index in [4.69, 9.17) is 5.11 Å². The lowest BCUT2D eigenvalue weighted by molar-refractivity contribution is -0.146. The highest BCUT2D eigenvalue weighted by atomic mass is 32.1. The Morgan fingerprint density at radius 3 is 2.74 bits per heavy atom. The number of hydrogen-bond acceptors (Lipinski definition) is 3. The molecule has 0 spiro atoms. The predicted octanol–water partition coefficient (Wildman–Crippen LogP) is 1.71. The van der Waals surface area contributed by atoms with Crippen molar-refractivity contribution in [1.29, 1.82) is 0 Å². The van der Waals surface area contributed by atoms with Crippen LogP contribution in [0.25, 0.3) is 0 Å². The Balaban J connectivity index is 1.75. The first-order valence-electron chi connectivity index (χ1n) is 6.29. The number of carboxylic acids is 1. The van der Waals surface area contributed by atoms with Crippen molar-refractivity contribution in [2.75, 3.05) is 13.1 Å². The highest BCUT2D eigenvalue weighted by Gasteiger charge is 2.35. The standard InChI is InChI=1S/C13H18N2O3S/c1-8(5-11-4-3-9(2)19-11)14-13(18)15-6-10(7-15)12(16)17/h3-4,8,10H,5-7H2,1-2H3,(H,14,18)(H,16,17). The molecule has 1 aliphatic rings. The second-order valence-electron chi connectivity index (χ2n) is 5.01. The number of nitrogens with one attached hydrogen (secondary N) is 1. The van der Waals surface area contributed by atoms with E-state index in [9.17, 15) is 9.59 Å². The summed E-state index contributed by atoms with van der Waals surface area (Å²) in [5.74, 6) is -1.23. The average molecular weight is 282 g/mol.